The molecule has 0 saturated heterocycles. The lowest BCUT2D eigenvalue weighted by Crippen LogP contribution is -2.40. The number of benzene rings is 2. The maximum atomic E-state index is 12.5. The van der Waals surface area contributed by atoms with Gasteiger partial charge in [0, 0.05) is 15.3 Å². The highest BCUT2D eigenvalue weighted by Gasteiger charge is 2.19. The van der Waals surface area contributed by atoms with Crippen molar-refractivity contribution in [3.8, 4) is 11.5 Å². The predicted octanol–water partition coefficient (Wildman–Crippen LogP) is 4.09. The largest absolute Gasteiger partial charge is 0.454 e. The standard InChI is InChI=1S/C18H19NO3S/c1-18(2,3)19-17(20)13-6-4-5-7-16(13)23-12-8-9-14-15(10-12)22-11-21-14/h4-10H,11H2,1-3H3,(H,19,20). The van der Waals surface area contributed by atoms with Gasteiger partial charge in [-0.05, 0) is 51.1 Å². The fourth-order valence-corrected chi connectivity index (χ4v) is 3.19. The molecule has 1 aliphatic heterocycles. The van der Waals surface area contributed by atoms with E-state index in [2.05, 4.69) is 5.32 Å². The summed E-state index contributed by atoms with van der Waals surface area (Å²) in [6.45, 7) is 6.17. The minimum Gasteiger partial charge on any atom is -0.454 e. The molecule has 0 atom stereocenters. The van der Waals surface area contributed by atoms with Crippen molar-refractivity contribution in [2.45, 2.75) is 36.1 Å². The van der Waals surface area contributed by atoms with E-state index in [0.717, 1.165) is 21.3 Å². The van der Waals surface area contributed by atoms with Gasteiger partial charge in [0.25, 0.3) is 5.91 Å². The van der Waals surface area contributed by atoms with Crippen molar-refractivity contribution >= 4 is 17.7 Å². The molecule has 0 bridgehead atoms. The van der Waals surface area contributed by atoms with Crippen molar-refractivity contribution in [1.82, 2.24) is 5.32 Å². The van der Waals surface area contributed by atoms with Crippen LogP contribution in [0.1, 0.15) is 31.1 Å². The van der Waals surface area contributed by atoms with Crippen LogP contribution in [0.5, 0.6) is 11.5 Å². The second-order valence-electron chi connectivity index (χ2n) is 6.32. The number of rotatable bonds is 3. The van der Waals surface area contributed by atoms with Gasteiger partial charge in [0.05, 0.1) is 5.56 Å². The van der Waals surface area contributed by atoms with Gasteiger partial charge in [0.15, 0.2) is 11.5 Å². The Labute approximate surface area is 140 Å². The maximum Gasteiger partial charge on any atom is 0.252 e. The first-order chi connectivity index (χ1) is 10.9. The van der Waals surface area contributed by atoms with Crippen LogP contribution >= 0.6 is 11.8 Å². The van der Waals surface area contributed by atoms with Crippen LogP contribution in [-0.2, 0) is 0 Å². The van der Waals surface area contributed by atoms with Crippen LogP contribution in [0.15, 0.2) is 52.3 Å². The van der Waals surface area contributed by atoms with Crippen molar-refractivity contribution in [2.75, 3.05) is 6.79 Å². The number of carbonyl (C=O) groups is 1. The van der Waals surface area contributed by atoms with Gasteiger partial charge in [-0.15, -0.1) is 0 Å². The fraction of sp³-hybridized carbons (Fsp3) is 0.278. The first-order valence-electron chi connectivity index (χ1n) is 7.41. The van der Waals surface area contributed by atoms with Crippen LogP contribution in [0.25, 0.3) is 0 Å². The molecular weight excluding hydrogens is 310 g/mol. The second-order valence-corrected chi connectivity index (χ2v) is 7.43. The summed E-state index contributed by atoms with van der Waals surface area (Å²) in [5.41, 5.74) is 0.401. The zero-order chi connectivity index (χ0) is 16.4. The number of carbonyl (C=O) groups excluding carboxylic acids is 1. The summed E-state index contributed by atoms with van der Waals surface area (Å²) in [6, 6.07) is 13.4. The Morgan fingerprint density at radius 3 is 2.61 bits per heavy atom. The van der Waals surface area contributed by atoms with E-state index >= 15 is 0 Å². The van der Waals surface area contributed by atoms with E-state index in [1.54, 1.807) is 0 Å². The predicted molar refractivity (Wildman–Crippen MR) is 90.3 cm³/mol. The van der Waals surface area contributed by atoms with Crippen molar-refractivity contribution in [3.05, 3.63) is 48.0 Å². The van der Waals surface area contributed by atoms with E-state index in [-0.39, 0.29) is 18.2 Å². The van der Waals surface area contributed by atoms with Gasteiger partial charge in [0.2, 0.25) is 6.79 Å². The molecule has 4 nitrogen and oxygen atoms in total. The summed E-state index contributed by atoms with van der Waals surface area (Å²) in [5, 5.41) is 3.01. The third kappa shape index (κ3) is 3.79. The fourth-order valence-electron chi connectivity index (χ4n) is 2.22. The van der Waals surface area contributed by atoms with Crippen molar-refractivity contribution in [1.29, 1.82) is 0 Å². The Balaban J connectivity index is 1.85. The average Bonchev–Trinajstić information content (AvgIpc) is 2.93. The monoisotopic (exact) mass is 329 g/mol. The first kappa shape index (κ1) is 15.7. The van der Waals surface area contributed by atoms with Gasteiger partial charge in [-0.3, -0.25) is 4.79 Å². The van der Waals surface area contributed by atoms with Gasteiger partial charge >= 0.3 is 0 Å². The van der Waals surface area contributed by atoms with E-state index in [9.17, 15) is 4.79 Å². The van der Waals surface area contributed by atoms with Gasteiger partial charge in [-0.1, -0.05) is 23.9 Å². The molecule has 5 heteroatoms. The summed E-state index contributed by atoms with van der Waals surface area (Å²) in [4.78, 5) is 14.4. The van der Waals surface area contributed by atoms with Gasteiger partial charge < -0.3 is 14.8 Å². The molecule has 1 amide bonds. The second kappa shape index (κ2) is 6.16. The summed E-state index contributed by atoms with van der Waals surface area (Å²) in [7, 11) is 0. The van der Waals surface area contributed by atoms with Crippen molar-refractivity contribution < 1.29 is 14.3 Å². The smallest absolute Gasteiger partial charge is 0.252 e. The van der Waals surface area contributed by atoms with Crippen LogP contribution in [-0.4, -0.2) is 18.2 Å². The van der Waals surface area contributed by atoms with Crippen LogP contribution in [0.2, 0.25) is 0 Å². The molecule has 1 N–H and O–H groups in total. The van der Waals surface area contributed by atoms with Crippen LogP contribution in [0.4, 0.5) is 0 Å². The summed E-state index contributed by atoms with van der Waals surface area (Å²) in [6.07, 6.45) is 0. The minimum absolute atomic E-state index is 0.0682. The third-order valence-electron chi connectivity index (χ3n) is 3.19. The molecule has 0 unspecified atom stereocenters. The van der Waals surface area contributed by atoms with Gasteiger partial charge in [-0.25, -0.2) is 0 Å². The van der Waals surface area contributed by atoms with E-state index in [1.807, 2.05) is 63.2 Å². The molecular formula is C18H19NO3S. The molecule has 3 rings (SSSR count). The number of hydrogen-bond donors (Lipinski definition) is 1. The lowest BCUT2D eigenvalue weighted by molar-refractivity contribution is 0.0916. The average molecular weight is 329 g/mol. The molecule has 1 heterocycles. The Morgan fingerprint density at radius 2 is 1.83 bits per heavy atom. The van der Waals surface area contributed by atoms with Crippen LogP contribution in [0, 0.1) is 0 Å². The van der Waals surface area contributed by atoms with Gasteiger partial charge in [0.1, 0.15) is 0 Å². The summed E-state index contributed by atoms with van der Waals surface area (Å²) in [5.74, 6) is 1.43. The summed E-state index contributed by atoms with van der Waals surface area (Å²) < 4.78 is 10.7. The van der Waals surface area contributed by atoms with E-state index in [1.165, 1.54) is 11.8 Å². The maximum absolute atomic E-state index is 12.5. The minimum atomic E-state index is -0.270. The molecule has 2 aromatic rings. The van der Waals surface area contributed by atoms with Crippen LogP contribution in [0.3, 0.4) is 0 Å². The first-order valence-corrected chi connectivity index (χ1v) is 8.23. The lowest BCUT2D eigenvalue weighted by atomic mass is 10.1. The van der Waals surface area contributed by atoms with Crippen molar-refractivity contribution in [2.24, 2.45) is 0 Å². The zero-order valence-electron chi connectivity index (χ0n) is 13.4. The molecule has 2 aromatic carbocycles. The number of nitrogens with one attached hydrogen (secondary N) is 1. The molecule has 0 fully saturated rings. The Hall–Kier alpha value is -2.14. The zero-order valence-corrected chi connectivity index (χ0v) is 14.2. The van der Waals surface area contributed by atoms with Crippen LogP contribution < -0.4 is 14.8 Å². The molecule has 23 heavy (non-hydrogen) atoms. The number of ether oxygens (including phenoxy) is 2. The van der Waals surface area contributed by atoms with Gasteiger partial charge in [-0.2, -0.15) is 0 Å². The number of fused-ring (bicyclic) bond motifs is 1. The third-order valence-corrected chi connectivity index (χ3v) is 4.26. The van der Waals surface area contributed by atoms with E-state index in [0.29, 0.717) is 5.56 Å². The Bertz CT molecular complexity index is 737. The molecule has 0 saturated carbocycles. The van der Waals surface area contributed by atoms with E-state index < -0.39 is 0 Å². The highest BCUT2D eigenvalue weighted by molar-refractivity contribution is 7.99. The highest BCUT2D eigenvalue weighted by Crippen LogP contribution is 2.38. The lowest BCUT2D eigenvalue weighted by Gasteiger charge is -2.21. The van der Waals surface area contributed by atoms with Crippen molar-refractivity contribution in [3.63, 3.8) is 0 Å². The molecule has 0 spiro atoms. The Kier molecular flexibility index (Phi) is 4.22. The topological polar surface area (TPSA) is 47.6 Å². The molecule has 0 aromatic heterocycles. The molecule has 1 aliphatic rings. The molecule has 120 valence electrons. The summed E-state index contributed by atoms with van der Waals surface area (Å²) >= 11 is 1.54. The number of amides is 1. The number of hydrogen-bond acceptors (Lipinski definition) is 4. The molecule has 0 aliphatic carbocycles. The Morgan fingerprint density at radius 1 is 1.09 bits per heavy atom. The highest BCUT2D eigenvalue weighted by atomic mass is 32.2. The quantitative estimate of drug-likeness (QED) is 0.921. The SMILES string of the molecule is CC(C)(C)NC(=O)c1ccccc1Sc1ccc2c(c1)OCO2. The van der Waals surface area contributed by atoms with E-state index in [4.69, 9.17) is 9.47 Å². The normalized spacial score (nSPS) is 13.0. The molecule has 0 radical (unpaired) electrons.